The number of anilines is 1. The van der Waals surface area contributed by atoms with E-state index in [-0.39, 0.29) is 18.3 Å². The summed E-state index contributed by atoms with van der Waals surface area (Å²) >= 11 is 0. The van der Waals surface area contributed by atoms with Gasteiger partial charge in [-0.1, -0.05) is 6.07 Å². The Labute approximate surface area is 115 Å². The highest BCUT2D eigenvalue weighted by molar-refractivity contribution is 5.49. The van der Waals surface area contributed by atoms with Gasteiger partial charge >= 0.3 is 6.18 Å². The minimum absolute atomic E-state index is 0.104. The molecule has 0 amide bonds. The first-order valence-electron chi connectivity index (χ1n) is 6.17. The van der Waals surface area contributed by atoms with Gasteiger partial charge in [0, 0.05) is 12.6 Å². The van der Waals surface area contributed by atoms with Gasteiger partial charge in [0.2, 0.25) is 0 Å². The fourth-order valence-electron chi connectivity index (χ4n) is 1.84. The molecule has 1 aromatic rings. The second-order valence-electron chi connectivity index (χ2n) is 4.48. The van der Waals surface area contributed by atoms with E-state index in [9.17, 15) is 17.6 Å². The van der Waals surface area contributed by atoms with Crippen LogP contribution in [0.15, 0.2) is 18.2 Å². The average Bonchev–Trinajstić information content (AvgIpc) is 2.35. The molecule has 7 heteroatoms. The number of aliphatic hydroxyl groups is 1. The van der Waals surface area contributed by atoms with E-state index in [1.807, 2.05) is 6.92 Å². The average molecular weight is 294 g/mol. The molecule has 2 N–H and O–H groups in total. The van der Waals surface area contributed by atoms with Gasteiger partial charge in [0.25, 0.3) is 0 Å². The number of halogens is 4. The summed E-state index contributed by atoms with van der Waals surface area (Å²) in [5.74, 6) is -0.734. The van der Waals surface area contributed by atoms with Crippen LogP contribution >= 0.6 is 0 Å². The molecule has 114 valence electrons. The quantitative estimate of drug-likeness (QED) is 0.791. The Morgan fingerprint density at radius 2 is 2.00 bits per heavy atom. The summed E-state index contributed by atoms with van der Waals surface area (Å²) in [5.41, 5.74) is 0.480. The predicted molar refractivity (Wildman–Crippen MR) is 69.2 cm³/mol. The fourth-order valence-corrected chi connectivity index (χ4v) is 1.84. The van der Waals surface area contributed by atoms with Crippen LogP contribution in [0.3, 0.4) is 0 Å². The van der Waals surface area contributed by atoms with Gasteiger partial charge in [0.05, 0.1) is 12.3 Å². The van der Waals surface area contributed by atoms with Crippen molar-refractivity contribution in [2.45, 2.75) is 19.1 Å². The highest BCUT2D eigenvalue weighted by Crippen LogP contribution is 2.26. The van der Waals surface area contributed by atoms with Gasteiger partial charge in [-0.05, 0) is 31.7 Å². The monoisotopic (exact) mass is 294 g/mol. The first-order chi connectivity index (χ1) is 9.28. The Kier molecular flexibility index (Phi) is 5.76. The highest BCUT2D eigenvalue weighted by Gasteiger charge is 2.31. The number of aliphatic hydroxyl groups excluding tert-OH is 1. The van der Waals surface area contributed by atoms with Gasteiger partial charge in [-0.3, -0.25) is 0 Å². The normalized spacial score (nSPS) is 13.3. The third-order valence-corrected chi connectivity index (χ3v) is 2.99. The second kappa shape index (κ2) is 6.90. The van der Waals surface area contributed by atoms with Crippen LogP contribution in [0.4, 0.5) is 23.2 Å². The van der Waals surface area contributed by atoms with E-state index in [0.29, 0.717) is 5.56 Å². The summed E-state index contributed by atoms with van der Waals surface area (Å²) in [6.07, 6.45) is -4.46. The summed E-state index contributed by atoms with van der Waals surface area (Å²) in [7, 11) is 1.71. The fraction of sp³-hybridized carbons (Fsp3) is 0.538. The summed E-state index contributed by atoms with van der Waals surface area (Å²) in [4.78, 5) is 0.781. The zero-order chi connectivity index (χ0) is 15.3. The highest BCUT2D eigenvalue weighted by atomic mass is 19.4. The standard InChI is InChI=1S/C13H18F4N2O/c1-9(18-2)10-3-4-12(11(14)7-10)19(5-6-20)8-13(15,16)17/h3-4,7,9,18,20H,5-6,8H2,1-2H3. The van der Waals surface area contributed by atoms with E-state index >= 15 is 0 Å². The van der Waals surface area contributed by atoms with Crippen LogP contribution in [0.5, 0.6) is 0 Å². The Balaban J connectivity index is 3.02. The number of rotatable bonds is 6. The molecule has 0 spiro atoms. The van der Waals surface area contributed by atoms with Crippen LogP contribution in [0, 0.1) is 5.82 Å². The summed E-state index contributed by atoms with van der Waals surface area (Å²) in [5, 5.41) is 11.7. The molecule has 0 saturated carbocycles. The second-order valence-corrected chi connectivity index (χ2v) is 4.48. The van der Waals surface area contributed by atoms with Crippen molar-refractivity contribution < 1.29 is 22.7 Å². The number of alkyl halides is 3. The zero-order valence-electron chi connectivity index (χ0n) is 11.3. The molecule has 0 radical (unpaired) electrons. The van der Waals surface area contributed by atoms with Crippen LogP contribution in [-0.2, 0) is 0 Å². The lowest BCUT2D eigenvalue weighted by Crippen LogP contribution is -2.36. The molecule has 0 heterocycles. The van der Waals surface area contributed by atoms with Crippen molar-refractivity contribution in [3.63, 3.8) is 0 Å². The molecule has 0 bridgehead atoms. The Morgan fingerprint density at radius 1 is 1.35 bits per heavy atom. The van der Waals surface area contributed by atoms with Gasteiger partial charge in [-0.15, -0.1) is 0 Å². The third kappa shape index (κ3) is 4.64. The molecule has 1 aromatic carbocycles. The van der Waals surface area contributed by atoms with Crippen molar-refractivity contribution in [3.05, 3.63) is 29.6 Å². The van der Waals surface area contributed by atoms with Crippen molar-refractivity contribution >= 4 is 5.69 Å². The molecule has 3 nitrogen and oxygen atoms in total. The lowest BCUT2D eigenvalue weighted by molar-refractivity contribution is -0.119. The SMILES string of the molecule is CNC(C)c1ccc(N(CCO)CC(F)(F)F)c(F)c1. The summed E-state index contributed by atoms with van der Waals surface area (Å²) in [6, 6.07) is 3.98. The number of benzene rings is 1. The Morgan fingerprint density at radius 3 is 2.45 bits per heavy atom. The summed E-state index contributed by atoms with van der Waals surface area (Å²) in [6.45, 7) is -0.247. The minimum Gasteiger partial charge on any atom is -0.395 e. The van der Waals surface area contributed by atoms with Crippen molar-refractivity contribution in [2.24, 2.45) is 0 Å². The van der Waals surface area contributed by atoms with Crippen LogP contribution in [0.1, 0.15) is 18.5 Å². The van der Waals surface area contributed by atoms with E-state index in [0.717, 1.165) is 4.90 Å². The summed E-state index contributed by atoms with van der Waals surface area (Å²) < 4.78 is 51.3. The Hall–Kier alpha value is -1.34. The topological polar surface area (TPSA) is 35.5 Å². The predicted octanol–water partition coefficient (Wildman–Crippen LogP) is 2.47. The molecule has 20 heavy (non-hydrogen) atoms. The molecular weight excluding hydrogens is 276 g/mol. The van der Waals surface area contributed by atoms with Crippen LogP contribution in [0.2, 0.25) is 0 Å². The van der Waals surface area contributed by atoms with Gasteiger partial charge in [-0.25, -0.2) is 4.39 Å². The maximum absolute atomic E-state index is 14.0. The largest absolute Gasteiger partial charge is 0.405 e. The van der Waals surface area contributed by atoms with Crippen LogP contribution in [-0.4, -0.2) is 38.0 Å². The Bertz CT molecular complexity index is 437. The maximum Gasteiger partial charge on any atom is 0.405 e. The molecule has 1 rings (SSSR count). The zero-order valence-corrected chi connectivity index (χ0v) is 11.3. The van der Waals surface area contributed by atoms with Crippen molar-refractivity contribution in [1.29, 1.82) is 0 Å². The molecule has 0 aliphatic heterocycles. The van der Waals surface area contributed by atoms with Crippen molar-refractivity contribution in [1.82, 2.24) is 5.32 Å². The van der Waals surface area contributed by atoms with E-state index in [1.54, 1.807) is 13.1 Å². The molecule has 0 aliphatic carbocycles. The molecule has 0 aliphatic rings. The number of hydrogen-bond donors (Lipinski definition) is 2. The van der Waals surface area contributed by atoms with Crippen LogP contribution in [0.25, 0.3) is 0 Å². The van der Waals surface area contributed by atoms with E-state index in [2.05, 4.69) is 5.32 Å². The molecule has 0 saturated heterocycles. The van der Waals surface area contributed by atoms with E-state index in [4.69, 9.17) is 5.11 Å². The number of nitrogens with one attached hydrogen (secondary N) is 1. The maximum atomic E-state index is 14.0. The molecular formula is C13H18F4N2O. The molecule has 0 fully saturated rings. The number of hydrogen-bond acceptors (Lipinski definition) is 3. The number of nitrogens with zero attached hydrogens (tertiary/aromatic N) is 1. The van der Waals surface area contributed by atoms with E-state index in [1.165, 1.54) is 12.1 Å². The van der Waals surface area contributed by atoms with Gasteiger partial charge in [0.15, 0.2) is 0 Å². The van der Waals surface area contributed by atoms with Gasteiger partial charge < -0.3 is 15.3 Å². The van der Waals surface area contributed by atoms with Gasteiger partial charge in [0.1, 0.15) is 12.4 Å². The van der Waals surface area contributed by atoms with E-state index < -0.39 is 25.1 Å². The first kappa shape index (κ1) is 16.7. The van der Waals surface area contributed by atoms with Gasteiger partial charge in [-0.2, -0.15) is 13.2 Å². The minimum atomic E-state index is -4.46. The van der Waals surface area contributed by atoms with Crippen LogP contribution < -0.4 is 10.2 Å². The molecule has 1 unspecified atom stereocenters. The lowest BCUT2D eigenvalue weighted by atomic mass is 10.1. The smallest absolute Gasteiger partial charge is 0.395 e. The van der Waals surface area contributed by atoms with Crippen molar-refractivity contribution in [2.75, 3.05) is 31.6 Å². The lowest BCUT2D eigenvalue weighted by Gasteiger charge is -2.26. The van der Waals surface area contributed by atoms with Crippen molar-refractivity contribution in [3.8, 4) is 0 Å². The first-order valence-corrected chi connectivity index (χ1v) is 6.17. The third-order valence-electron chi connectivity index (χ3n) is 2.99. The molecule has 0 aromatic heterocycles. The molecule has 1 atom stereocenters.